The molecule has 0 aliphatic rings. The fourth-order valence-corrected chi connectivity index (χ4v) is 1.06. The number of aromatic nitrogens is 2. The molecule has 0 unspecified atom stereocenters. The monoisotopic (exact) mass is 190 g/mol. The number of hydrogen-bond donors (Lipinski definition) is 1. The minimum absolute atomic E-state index is 0.0118. The highest BCUT2D eigenvalue weighted by Crippen LogP contribution is 2.08. The first-order chi connectivity index (χ1) is 6.81. The van der Waals surface area contributed by atoms with Crippen LogP contribution in [-0.2, 0) is 0 Å². The molecule has 0 saturated heterocycles. The zero-order valence-corrected chi connectivity index (χ0v) is 8.22. The summed E-state index contributed by atoms with van der Waals surface area (Å²) in [7, 11) is 0. The van der Waals surface area contributed by atoms with Crippen LogP contribution in [0.4, 0.5) is 0 Å². The molecule has 0 radical (unpaired) electrons. The van der Waals surface area contributed by atoms with Gasteiger partial charge in [0.1, 0.15) is 0 Å². The normalized spacial score (nSPS) is 13.0. The van der Waals surface area contributed by atoms with E-state index in [0.717, 1.165) is 11.3 Å². The third-order valence-corrected chi connectivity index (χ3v) is 1.84. The van der Waals surface area contributed by atoms with Gasteiger partial charge in [0.25, 0.3) is 0 Å². The maximum Gasteiger partial charge on any atom is 0.0682 e. The summed E-state index contributed by atoms with van der Waals surface area (Å²) in [6.45, 7) is 5.53. The van der Waals surface area contributed by atoms with Crippen LogP contribution >= 0.6 is 0 Å². The molecular formula is C11H14N2O. The molecule has 1 rings (SSSR count). The van der Waals surface area contributed by atoms with Gasteiger partial charge in [-0.25, -0.2) is 4.68 Å². The van der Waals surface area contributed by atoms with Gasteiger partial charge in [0.2, 0.25) is 0 Å². The summed E-state index contributed by atoms with van der Waals surface area (Å²) in [5, 5.41) is 13.1. The van der Waals surface area contributed by atoms with Crippen LogP contribution in [0.2, 0.25) is 0 Å². The second kappa shape index (κ2) is 5.19. The smallest absolute Gasteiger partial charge is 0.0682 e. The van der Waals surface area contributed by atoms with Gasteiger partial charge in [-0.1, -0.05) is 18.7 Å². The second-order valence-electron chi connectivity index (χ2n) is 2.75. The first-order valence-corrected chi connectivity index (χ1v) is 4.42. The predicted molar refractivity (Wildman–Crippen MR) is 57.5 cm³/mol. The highest BCUT2D eigenvalue weighted by Gasteiger charge is 1.96. The summed E-state index contributed by atoms with van der Waals surface area (Å²) in [5.41, 5.74) is 1.69. The Labute approximate surface area is 83.7 Å². The van der Waals surface area contributed by atoms with E-state index in [9.17, 15) is 0 Å². The Kier molecular flexibility index (Phi) is 3.88. The molecule has 14 heavy (non-hydrogen) atoms. The van der Waals surface area contributed by atoms with Crippen LogP contribution in [-0.4, -0.2) is 21.5 Å². The van der Waals surface area contributed by atoms with Crippen LogP contribution < -0.4 is 0 Å². The molecule has 1 heterocycles. The van der Waals surface area contributed by atoms with E-state index in [1.807, 2.05) is 31.3 Å². The number of hydrogen-bond acceptors (Lipinski definition) is 2. The molecule has 3 nitrogen and oxygen atoms in total. The predicted octanol–water partition coefficient (Wildman–Crippen LogP) is 1.85. The van der Waals surface area contributed by atoms with Crippen LogP contribution in [0.5, 0.6) is 0 Å². The lowest BCUT2D eigenvalue weighted by molar-refractivity contribution is 0.335. The zero-order chi connectivity index (χ0) is 10.4. The molecule has 0 spiro atoms. The zero-order valence-electron chi connectivity index (χ0n) is 8.22. The summed E-state index contributed by atoms with van der Waals surface area (Å²) >= 11 is 0. The Morgan fingerprint density at radius 2 is 2.43 bits per heavy atom. The van der Waals surface area contributed by atoms with E-state index in [1.54, 1.807) is 17.0 Å². The summed E-state index contributed by atoms with van der Waals surface area (Å²) in [5.74, 6) is 0. The van der Waals surface area contributed by atoms with Crippen molar-refractivity contribution in [1.29, 1.82) is 0 Å². The largest absolute Gasteiger partial charge is 0.392 e. The van der Waals surface area contributed by atoms with E-state index in [-0.39, 0.29) is 6.61 Å². The third kappa shape index (κ3) is 2.44. The Morgan fingerprint density at radius 1 is 1.64 bits per heavy atom. The molecule has 0 aromatic carbocycles. The third-order valence-electron chi connectivity index (χ3n) is 1.84. The molecule has 0 aliphatic carbocycles. The molecule has 0 saturated carbocycles. The van der Waals surface area contributed by atoms with Crippen molar-refractivity contribution < 1.29 is 5.11 Å². The van der Waals surface area contributed by atoms with Crippen LogP contribution in [0.15, 0.2) is 48.8 Å². The molecule has 0 bridgehead atoms. The molecule has 1 N–H and O–H groups in total. The van der Waals surface area contributed by atoms with Crippen LogP contribution in [0.25, 0.3) is 5.70 Å². The molecule has 3 heteroatoms. The molecular weight excluding hydrogens is 176 g/mol. The minimum Gasteiger partial charge on any atom is -0.392 e. The maximum absolute atomic E-state index is 8.97. The Bertz CT molecular complexity index is 347. The topological polar surface area (TPSA) is 38.0 Å². The molecule has 1 aromatic rings. The fourth-order valence-electron chi connectivity index (χ4n) is 1.06. The van der Waals surface area contributed by atoms with E-state index in [2.05, 4.69) is 11.7 Å². The van der Waals surface area contributed by atoms with E-state index < -0.39 is 0 Å². The average molecular weight is 190 g/mol. The lowest BCUT2D eigenvalue weighted by Crippen LogP contribution is -1.96. The number of rotatable bonds is 4. The van der Waals surface area contributed by atoms with Crippen molar-refractivity contribution in [3.8, 4) is 0 Å². The van der Waals surface area contributed by atoms with Gasteiger partial charge in [-0.15, -0.1) is 0 Å². The Hall–Kier alpha value is -1.61. The van der Waals surface area contributed by atoms with Crippen LogP contribution in [0, 0.1) is 0 Å². The first-order valence-electron chi connectivity index (χ1n) is 4.42. The van der Waals surface area contributed by atoms with Gasteiger partial charge in [0.15, 0.2) is 0 Å². The standard InChI is InChI=1S/C11H14N2O/c1-3-10(9-14)8-11(4-2)13-7-5-6-12-13/h3-8,14H,1,9H2,2H3/b10-8+,11-4+. The van der Waals surface area contributed by atoms with Gasteiger partial charge in [-0.2, -0.15) is 5.10 Å². The summed E-state index contributed by atoms with van der Waals surface area (Å²) in [4.78, 5) is 0. The summed E-state index contributed by atoms with van der Waals surface area (Å²) < 4.78 is 1.74. The van der Waals surface area contributed by atoms with Crippen LogP contribution in [0.1, 0.15) is 6.92 Å². The molecule has 0 atom stereocenters. The lowest BCUT2D eigenvalue weighted by atomic mass is 10.2. The second-order valence-corrected chi connectivity index (χ2v) is 2.75. The highest BCUT2D eigenvalue weighted by atomic mass is 16.3. The van der Waals surface area contributed by atoms with Gasteiger partial charge < -0.3 is 5.11 Å². The van der Waals surface area contributed by atoms with E-state index >= 15 is 0 Å². The van der Waals surface area contributed by atoms with Crippen molar-refractivity contribution in [3.63, 3.8) is 0 Å². The van der Waals surface area contributed by atoms with Gasteiger partial charge in [-0.3, -0.25) is 0 Å². The van der Waals surface area contributed by atoms with Gasteiger partial charge in [0, 0.05) is 12.4 Å². The number of allylic oxidation sites excluding steroid dienone is 3. The highest BCUT2D eigenvalue weighted by molar-refractivity contribution is 5.58. The van der Waals surface area contributed by atoms with Gasteiger partial charge in [-0.05, 0) is 24.6 Å². The van der Waals surface area contributed by atoms with Crippen molar-refractivity contribution in [2.24, 2.45) is 0 Å². The Morgan fingerprint density at radius 3 is 2.86 bits per heavy atom. The molecule has 1 aromatic heterocycles. The van der Waals surface area contributed by atoms with Crippen molar-refractivity contribution in [2.75, 3.05) is 6.61 Å². The Balaban J connectivity index is 2.95. The van der Waals surface area contributed by atoms with Crippen molar-refractivity contribution in [2.45, 2.75) is 6.92 Å². The number of aliphatic hydroxyl groups excluding tert-OH is 1. The van der Waals surface area contributed by atoms with Crippen LogP contribution in [0.3, 0.4) is 0 Å². The molecule has 74 valence electrons. The van der Waals surface area contributed by atoms with Crippen molar-refractivity contribution in [3.05, 3.63) is 48.8 Å². The molecule has 0 amide bonds. The van der Waals surface area contributed by atoms with Crippen molar-refractivity contribution in [1.82, 2.24) is 9.78 Å². The quantitative estimate of drug-likeness (QED) is 0.736. The van der Waals surface area contributed by atoms with Gasteiger partial charge >= 0.3 is 0 Å². The van der Waals surface area contributed by atoms with Gasteiger partial charge in [0.05, 0.1) is 12.3 Å². The molecule has 0 aliphatic heterocycles. The fraction of sp³-hybridized carbons (Fsp3) is 0.182. The first kappa shape index (κ1) is 10.5. The maximum atomic E-state index is 8.97. The number of aliphatic hydroxyl groups is 1. The summed E-state index contributed by atoms with van der Waals surface area (Å²) in [6.07, 6.45) is 8.97. The van der Waals surface area contributed by atoms with Crippen molar-refractivity contribution >= 4 is 5.70 Å². The average Bonchev–Trinajstić information content (AvgIpc) is 2.73. The minimum atomic E-state index is -0.0118. The van der Waals surface area contributed by atoms with E-state index in [4.69, 9.17) is 5.11 Å². The number of nitrogens with zero attached hydrogens (tertiary/aromatic N) is 2. The SMILES string of the molecule is C=C/C(=C\C(=C/C)n1cccn1)CO. The van der Waals surface area contributed by atoms with E-state index in [0.29, 0.717) is 0 Å². The van der Waals surface area contributed by atoms with E-state index in [1.165, 1.54) is 0 Å². The summed E-state index contributed by atoms with van der Waals surface area (Å²) in [6, 6.07) is 1.85. The lowest BCUT2D eigenvalue weighted by Gasteiger charge is -2.03. The molecule has 0 fully saturated rings.